The normalized spacial score (nSPS) is 25.1. The Hall–Kier alpha value is -1.03. The van der Waals surface area contributed by atoms with E-state index in [9.17, 15) is 4.79 Å². The summed E-state index contributed by atoms with van der Waals surface area (Å²) in [5.74, 6) is 0.973. The van der Waals surface area contributed by atoms with Gasteiger partial charge in [-0.25, -0.2) is 4.98 Å². The van der Waals surface area contributed by atoms with E-state index in [-0.39, 0.29) is 11.9 Å². The molecule has 1 aromatic heterocycles. The summed E-state index contributed by atoms with van der Waals surface area (Å²) in [4.78, 5) is 18.1. The van der Waals surface area contributed by atoms with E-state index in [1.54, 1.807) is 17.1 Å². The molecule has 1 fully saturated rings. The molecule has 16 heavy (non-hydrogen) atoms. The summed E-state index contributed by atoms with van der Waals surface area (Å²) in [6.07, 6.45) is 4.41. The number of aryl methyl sites for hydroxylation is 1. The first-order valence-corrected chi connectivity index (χ1v) is 6.02. The van der Waals surface area contributed by atoms with Crippen molar-refractivity contribution in [3.05, 3.63) is 18.2 Å². The van der Waals surface area contributed by atoms with E-state index in [1.807, 2.05) is 11.9 Å². The highest BCUT2D eigenvalue weighted by Gasteiger charge is 2.34. The van der Waals surface area contributed by atoms with E-state index in [1.165, 1.54) is 0 Å². The van der Waals surface area contributed by atoms with Crippen molar-refractivity contribution < 1.29 is 4.79 Å². The molecule has 2 heterocycles. The Morgan fingerprint density at radius 3 is 3.00 bits per heavy atom. The first-order chi connectivity index (χ1) is 7.63. The minimum Gasteiger partial charge on any atom is -0.340 e. The Morgan fingerprint density at radius 2 is 2.44 bits per heavy atom. The highest BCUT2D eigenvalue weighted by molar-refractivity contribution is 6.18. The third kappa shape index (κ3) is 1.94. The summed E-state index contributed by atoms with van der Waals surface area (Å²) in [7, 11) is 1.86. The zero-order valence-corrected chi connectivity index (χ0v) is 10.3. The van der Waals surface area contributed by atoms with Gasteiger partial charge in [0.15, 0.2) is 0 Å². The van der Waals surface area contributed by atoms with Crippen LogP contribution in [0.15, 0.2) is 12.5 Å². The third-order valence-corrected chi connectivity index (χ3v) is 3.54. The minimum atomic E-state index is -0.00407. The Bertz CT molecular complexity index is 390. The van der Waals surface area contributed by atoms with Crippen molar-refractivity contribution in [2.45, 2.75) is 19.4 Å². The van der Waals surface area contributed by atoms with E-state index in [0.29, 0.717) is 17.5 Å². The monoisotopic (exact) mass is 241 g/mol. The number of rotatable bonds is 2. The predicted molar refractivity (Wildman–Crippen MR) is 62.5 cm³/mol. The molecule has 4 nitrogen and oxygen atoms in total. The number of likely N-dealkylation sites (tertiary alicyclic amines) is 1. The second-order valence-electron chi connectivity index (χ2n) is 4.41. The summed E-state index contributed by atoms with van der Waals surface area (Å²) in [5, 5.41) is 0. The number of carbonyl (C=O) groups excluding carboxylic acids is 1. The van der Waals surface area contributed by atoms with Crippen LogP contribution in [0.1, 0.15) is 23.8 Å². The van der Waals surface area contributed by atoms with E-state index in [2.05, 4.69) is 11.9 Å². The molecule has 5 heteroatoms. The lowest BCUT2D eigenvalue weighted by atomic mass is 10.1. The van der Waals surface area contributed by atoms with Crippen LogP contribution in [0.3, 0.4) is 0 Å². The zero-order valence-electron chi connectivity index (χ0n) is 9.56. The van der Waals surface area contributed by atoms with Gasteiger partial charge in [0, 0.05) is 31.7 Å². The number of hydrogen-bond donors (Lipinski definition) is 0. The third-order valence-electron chi connectivity index (χ3n) is 3.23. The van der Waals surface area contributed by atoms with Gasteiger partial charge in [0.1, 0.15) is 5.69 Å². The lowest BCUT2D eigenvalue weighted by Gasteiger charge is -2.24. The Morgan fingerprint density at radius 1 is 1.69 bits per heavy atom. The molecule has 0 aliphatic carbocycles. The summed E-state index contributed by atoms with van der Waals surface area (Å²) in [6, 6.07) is 0.149. The van der Waals surface area contributed by atoms with Crippen LogP contribution >= 0.6 is 11.6 Å². The van der Waals surface area contributed by atoms with Crippen LogP contribution in [0.4, 0.5) is 0 Å². The minimum absolute atomic E-state index is 0.00407. The first-order valence-electron chi connectivity index (χ1n) is 5.48. The molecular weight excluding hydrogens is 226 g/mol. The summed E-state index contributed by atoms with van der Waals surface area (Å²) in [5.41, 5.74) is 0.506. The second-order valence-corrected chi connectivity index (χ2v) is 4.72. The predicted octanol–water partition coefficient (Wildman–Crippen LogP) is 1.51. The largest absolute Gasteiger partial charge is 0.340 e. The number of aromatic nitrogens is 2. The van der Waals surface area contributed by atoms with E-state index >= 15 is 0 Å². The lowest BCUT2D eigenvalue weighted by molar-refractivity contribution is 0.0731. The summed E-state index contributed by atoms with van der Waals surface area (Å²) >= 11 is 5.91. The molecule has 88 valence electrons. The van der Waals surface area contributed by atoms with Crippen molar-refractivity contribution in [3.8, 4) is 0 Å². The molecule has 1 aromatic rings. The van der Waals surface area contributed by atoms with Gasteiger partial charge in [0.2, 0.25) is 0 Å². The van der Waals surface area contributed by atoms with Crippen LogP contribution in [0.25, 0.3) is 0 Å². The number of nitrogens with zero attached hydrogens (tertiary/aromatic N) is 3. The van der Waals surface area contributed by atoms with Crippen LogP contribution < -0.4 is 0 Å². The van der Waals surface area contributed by atoms with Crippen molar-refractivity contribution in [2.24, 2.45) is 13.0 Å². The van der Waals surface area contributed by atoms with Gasteiger partial charge in [0.05, 0.1) is 6.33 Å². The molecule has 0 saturated carbocycles. The number of hydrogen-bond acceptors (Lipinski definition) is 2. The molecule has 2 unspecified atom stereocenters. The van der Waals surface area contributed by atoms with Crippen molar-refractivity contribution in [2.75, 3.05) is 12.4 Å². The lowest BCUT2D eigenvalue weighted by Crippen LogP contribution is -2.38. The van der Waals surface area contributed by atoms with Crippen LogP contribution in [-0.2, 0) is 7.05 Å². The summed E-state index contributed by atoms with van der Waals surface area (Å²) in [6.45, 7) is 2.92. The molecule has 2 atom stereocenters. The Balaban J connectivity index is 2.16. The maximum Gasteiger partial charge on any atom is 0.274 e. The van der Waals surface area contributed by atoms with Gasteiger partial charge in [-0.05, 0) is 12.3 Å². The molecule has 0 bridgehead atoms. The van der Waals surface area contributed by atoms with Crippen LogP contribution in [0.5, 0.6) is 0 Å². The van der Waals surface area contributed by atoms with Gasteiger partial charge in [-0.1, -0.05) is 6.92 Å². The summed E-state index contributed by atoms with van der Waals surface area (Å²) < 4.78 is 1.78. The van der Waals surface area contributed by atoms with Crippen molar-refractivity contribution in [1.82, 2.24) is 14.5 Å². The van der Waals surface area contributed by atoms with Crippen LogP contribution in [0.2, 0.25) is 0 Å². The quantitative estimate of drug-likeness (QED) is 0.737. The SMILES string of the molecule is CC1CCN(C(=O)c2cn(C)cn2)C1CCl. The molecule has 1 aliphatic rings. The topological polar surface area (TPSA) is 38.1 Å². The Labute approximate surface area is 100 Å². The maximum absolute atomic E-state index is 12.2. The van der Waals surface area contributed by atoms with Gasteiger partial charge < -0.3 is 9.47 Å². The molecular formula is C11H16ClN3O. The van der Waals surface area contributed by atoms with Gasteiger partial charge in [-0.15, -0.1) is 11.6 Å². The highest BCUT2D eigenvalue weighted by Crippen LogP contribution is 2.26. The smallest absolute Gasteiger partial charge is 0.274 e. The first kappa shape index (κ1) is 11.5. The molecule has 2 rings (SSSR count). The zero-order chi connectivity index (χ0) is 11.7. The van der Waals surface area contributed by atoms with Crippen molar-refractivity contribution in [3.63, 3.8) is 0 Å². The molecule has 0 spiro atoms. The van der Waals surface area contributed by atoms with Crippen molar-refractivity contribution >= 4 is 17.5 Å². The fourth-order valence-corrected chi connectivity index (χ4v) is 2.64. The molecule has 0 N–H and O–H groups in total. The second kappa shape index (κ2) is 4.45. The highest BCUT2D eigenvalue weighted by atomic mass is 35.5. The van der Waals surface area contributed by atoms with Gasteiger partial charge in [-0.3, -0.25) is 4.79 Å². The maximum atomic E-state index is 12.2. The molecule has 1 saturated heterocycles. The number of carbonyl (C=O) groups is 1. The van der Waals surface area contributed by atoms with E-state index < -0.39 is 0 Å². The average Bonchev–Trinajstić information content (AvgIpc) is 2.83. The van der Waals surface area contributed by atoms with Crippen LogP contribution in [-0.4, -0.2) is 38.8 Å². The molecule has 0 radical (unpaired) electrons. The molecule has 1 aliphatic heterocycles. The molecule has 1 amide bonds. The van der Waals surface area contributed by atoms with E-state index in [4.69, 9.17) is 11.6 Å². The standard InChI is InChI=1S/C11H16ClN3O/c1-8-3-4-15(10(8)5-12)11(16)9-6-14(2)7-13-9/h6-8,10H,3-5H2,1-2H3. The molecule has 0 aromatic carbocycles. The number of alkyl halides is 1. The average molecular weight is 242 g/mol. The fraction of sp³-hybridized carbons (Fsp3) is 0.636. The number of halogens is 1. The number of amides is 1. The van der Waals surface area contributed by atoms with Crippen molar-refractivity contribution in [1.29, 1.82) is 0 Å². The van der Waals surface area contributed by atoms with E-state index in [0.717, 1.165) is 13.0 Å². The Kier molecular flexibility index (Phi) is 3.19. The number of imidazole rings is 1. The van der Waals surface area contributed by atoms with Gasteiger partial charge >= 0.3 is 0 Å². The fourth-order valence-electron chi connectivity index (χ4n) is 2.17. The van der Waals surface area contributed by atoms with Crippen LogP contribution in [0, 0.1) is 5.92 Å². The van der Waals surface area contributed by atoms with Gasteiger partial charge in [0.25, 0.3) is 5.91 Å². The van der Waals surface area contributed by atoms with Gasteiger partial charge in [-0.2, -0.15) is 0 Å².